The zero-order valence-electron chi connectivity index (χ0n) is 12.0. The molecule has 20 heavy (non-hydrogen) atoms. The molecular formula is C13H20N2O4S. The van der Waals surface area contributed by atoms with Crippen LogP contribution in [-0.4, -0.2) is 53.1 Å². The minimum Gasteiger partial charge on any atom is -0.493 e. The van der Waals surface area contributed by atoms with Gasteiger partial charge < -0.3 is 14.8 Å². The maximum atomic E-state index is 12.7. The standard InChI is InChI=1S/C13H20N2O4S/c1-10-8-11(18-2)12(19-3)9-13(10)20(16,17)15-6-4-14-5-7-15/h8-9,14H,4-7H2,1-3H3. The lowest BCUT2D eigenvalue weighted by Crippen LogP contribution is -2.46. The highest BCUT2D eigenvalue weighted by Crippen LogP contribution is 2.33. The molecule has 1 aliphatic heterocycles. The second-order valence-corrected chi connectivity index (χ2v) is 6.53. The van der Waals surface area contributed by atoms with Crippen molar-refractivity contribution < 1.29 is 17.9 Å². The van der Waals surface area contributed by atoms with Gasteiger partial charge in [-0.2, -0.15) is 4.31 Å². The topological polar surface area (TPSA) is 67.9 Å². The molecule has 0 bridgehead atoms. The Hall–Kier alpha value is -1.31. The molecule has 0 saturated carbocycles. The van der Waals surface area contributed by atoms with E-state index in [9.17, 15) is 8.42 Å². The summed E-state index contributed by atoms with van der Waals surface area (Å²) in [4.78, 5) is 0.275. The summed E-state index contributed by atoms with van der Waals surface area (Å²) in [6.07, 6.45) is 0. The number of hydrogen-bond donors (Lipinski definition) is 1. The zero-order valence-corrected chi connectivity index (χ0v) is 12.8. The molecule has 1 N–H and O–H groups in total. The van der Waals surface area contributed by atoms with E-state index >= 15 is 0 Å². The molecule has 0 spiro atoms. The summed E-state index contributed by atoms with van der Waals surface area (Å²) in [6, 6.07) is 3.22. The van der Waals surface area contributed by atoms with E-state index in [0.717, 1.165) is 0 Å². The van der Waals surface area contributed by atoms with Gasteiger partial charge in [-0.1, -0.05) is 0 Å². The minimum absolute atomic E-state index is 0.275. The van der Waals surface area contributed by atoms with E-state index in [-0.39, 0.29) is 4.90 Å². The van der Waals surface area contributed by atoms with Gasteiger partial charge >= 0.3 is 0 Å². The smallest absolute Gasteiger partial charge is 0.243 e. The Balaban J connectivity index is 2.45. The van der Waals surface area contributed by atoms with Crippen molar-refractivity contribution in [3.63, 3.8) is 0 Å². The first kappa shape index (κ1) is 15.1. The van der Waals surface area contributed by atoms with Gasteiger partial charge in [-0.3, -0.25) is 0 Å². The summed E-state index contributed by atoms with van der Waals surface area (Å²) < 4.78 is 37.2. The largest absolute Gasteiger partial charge is 0.493 e. The first-order valence-corrected chi connectivity index (χ1v) is 7.88. The molecule has 0 amide bonds. The zero-order chi connectivity index (χ0) is 14.8. The van der Waals surface area contributed by atoms with Gasteiger partial charge in [0.2, 0.25) is 10.0 Å². The molecule has 1 aliphatic rings. The van der Waals surface area contributed by atoms with Crippen molar-refractivity contribution in [2.45, 2.75) is 11.8 Å². The van der Waals surface area contributed by atoms with Gasteiger partial charge in [-0.15, -0.1) is 0 Å². The van der Waals surface area contributed by atoms with Crippen molar-refractivity contribution in [3.8, 4) is 11.5 Å². The highest BCUT2D eigenvalue weighted by atomic mass is 32.2. The van der Waals surface area contributed by atoms with Crippen LogP contribution in [-0.2, 0) is 10.0 Å². The summed E-state index contributed by atoms with van der Waals surface area (Å²) >= 11 is 0. The monoisotopic (exact) mass is 300 g/mol. The SMILES string of the molecule is COc1cc(C)c(S(=O)(=O)N2CCNCC2)cc1OC. The Bertz CT molecular complexity index is 580. The van der Waals surface area contributed by atoms with Gasteiger partial charge in [0, 0.05) is 32.2 Å². The number of hydrogen-bond acceptors (Lipinski definition) is 5. The maximum absolute atomic E-state index is 12.7. The van der Waals surface area contributed by atoms with Crippen LogP contribution in [0.4, 0.5) is 0 Å². The number of ether oxygens (including phenoxy) is 2. The van der Waals surface area contributed by atoms with E-state index in [1.807, 2.05) is 0 Å². The molecule has 0 atom stereocenters. The number of nitrogens with one attached hydrogen (secondary N) is 1. The fourth-order valence-corrected chi connectivity index (χ4v) is 3.93. The fourth-order valence-electron chi connectivity index (χ4n) is 2.26. The van der Waals surface area contributed by atoms with E-state index in [1.54, 1.807) is 13.0 Å². The molecule has 2 rings (SSSR count). The third kappa shape index (κ3) is 2.74. The predicted octanol–water partition coefficient (Wildman–Crippen LogP) is 0.606. The lowest BCUT2D eigenvalue weighted by Gasteiger charge is -2.27. The summed E-state index contributed by atoms with van der Waals surface area (Å²) in [5.41, 5.74) is 0.654. The van der Waals surface area contributed by atoms with Gasteiger partial charge in [0.05, 0.1) is 19.1 Å². The molecule has 0 radical (unpaired) electrons. The van der Waals surface area contributed by atoms with Crippen LogP contribution in [0.3, 0.4) is 0 Å². The van der Waals surface area contributed by atoms with E-state index < -0.39 is 10.0 Å². The summed E-state index contributed by atoms with van der Waals surface area (Å²) in [5.74, 6) is 0.955. The quantitative estimate of drug-likeness (QED) is 0.882. The predicted molar refractivity (Wildman–Crippen MR) is 75.9 cm³/mol. The normalized spacial score (nSPS) is 16.9. The number of methoxy groups -OCH3 is 2. The van der Waals surface area contributed by atoms with Crippen molar-refractivity contribution in [2.75, 3.05) is 40.4 Å². The molecule has 0 aromatic heterocycles. The second-order valence-electron chi connectivity index (χ2n) is 4.63. The first-order valence-electron chi connectivity index (χ1n) is 6.44. The van der Waals surface area contributed by atoms with Crippen LogP contribution in [0.2, 0.25) is 0 Å². The van der Waals surface area contributed by atoms with E-state index in [1.165, 1.54) is 24.6 Å². The molecule has 7 heteroatoms. The average molecular weight is 300 g/mol. The summed E-state index contributed by atoms with van der Waals surface area (Å²) in [6.45, 7) is 4.07. The van der Waals surface area contributed by atoms with Crippen molar-refractivity contribution in [3.05, 3.63) is 17.7 Å². The molecule has 0 aliphatic carbocycles. The number of rotatable bonds is 4. The summed E-state index contributed by atoms with van der Waals surface area (Å²) in [5, 5.41) is 3.14. The highest BCUT2D eigenvalue weighted by molar-refractivity contribution is 7.89. The Morgan fingerprint density at radius 3 is 2.20 bits per heavy atom. The molecule has 1 aromatic carbocycles. The van der Waals surface area contributed by atoms with Crippen LogP contribution in [0, 0.1) is 6.92 Å². The van der Waals surface area contributed by atoms with Crippen LogP contribution < -0.4 is 14.8 Å². The van der Waals surface area contributed by atoms with Crippen molar-refractivity contribution in [1.82, 2.24) is 9.62 Å². The van der Waals surface area contributed by atoms with Gasteiger partial charge in [0.1, 0.15) is 0 Å². The molecule has 6 nitrogen and oxygen atoms in total. The average Bonchev–Trinajstić information content (AvgIpc) is 2.47. The number of sulfonamides is 1. The van der Waals surface area contributed by atoms with E-state index in [4.69, 9.17) is 9.47 Å². The van der Waals surface area contributed by atoms with Gasteiger partial charge in [0.15, 0.2) is 11.5 Å². The van der Waals surface area contributed by atoms with Gasteiger partial charge in [-0.05, 0) is 18.6 Å². The first-order chi connectivity index (χ1) is 9.50. The third-order valence-electron chi connectivity index (χ3n) is 3.37. The Labute approximate surface area is 119 Å². The van der Waals surface area contributed by atoms with Crippen molar-refractivity contribution in [2.24, 2.45) is 0 Å². The Morgan fingerprint density at radius 1 is 1.10 bits per heavy atom. The molecule has 1 aromatic rings. The molecule has 112 valence electrons. The van der Waals surface area contributed by atoms with Crippen LogP contribution in [0.5, 0.6) is 11.5 Å². The van der Waals surface area contributed by atoms with Crippen LogP contribution >= 0.6 is 0 Å². The number of aryl methyl sites for hydroxylation is 1. The van der Waals surface area contributed by atoms with E-state index in [2.05, 4.69) is 5.32 Å². The molecule has 1 fully saturated rings. The third-order valence-corrected chi connectivity index (χ3v) is 5.42. The van der Waals surface area contributed by atoms with Crippen LogP contribution in [0.15, 0.2) is 17.0 Å². The van der Waals surface area contributed by atoms with Gasteiger partial charge in [-0.25, -0.2) is 8.42 Å². The van der Waals surface area contributed by atoms with Gasteiger partial charge in [0.25, 0.3) is 0 Å². The second kappa shape index (κ2) is 5.99. The van der Waals surface area contributed by atoms with Crippen LogP contribution in [0.25, 0.3) is 0 Å². The number of nitrogens with zero attached hydrogens (tertiary/aromatic N) is 1. The van der Waals surface area contributed by atoms with Crippen molar-refractivity contribution in [1.29, 1.82) is 0 Å². The molecule has 1 heterocycles. The molecule has 1 saturated heterocycles. The lowest BCUT2D eigenvalue weighted by atomic mass is 10.2. The highest BCUT2D eigenvalue weighted by Gasteiger charge is 2.28. The molecule has 0 unspecified atom stereocenters. The fraction of sp³-hybridized carbons (Fsp3) is 0.538. The Morgan fingerprint density at radius 2 is 1.65 bits per heavy atom. The summed E-state index contributed by atoms with van der Waals surface area (Å²) in [7, 11) is -0.469. The lowest BCUT2D eigenvalue weighted by molar-refractivity contribution is 0.350. The minimum atomic E-state index is -3.49. The van der Waals surface area contributed by atoms with E-state index in [0.29, 0.717) is 43.2 Å². The Kier molecular flexibility index (Phi) is 4.52. The molecular weight excluding hydrogens is 280 g/mol. The van der Waals surface area contributed by atoms with Crippen LogP contribution in [0.1, 0.15) is 5.56 Å². The number of benzene rings is 1. The maximum Gasteiger partial charge on any atom is 0.243 e. The number of piperazine rings is 1. The van der Waals surface area contributed by atoms with Crippen molar-refractivity contribution >= 4 is 10.0 Å².